The van der Waals surface area contributed by atoms with E-state index in [2.05, 4.69) is 4.84 Å². The van der Waals surface area contributed by atoms with Crippen LogP contribution in [-0.2, 0) is 4.84 Å². The summed E-state index contributed by atoms with van der Waals surface area (Å²) in [5.41, 5.74) is 0.389. The molecule has 0 radical (unpaired) electrons. The zero-order valence-corrected chi connectivity index (χ0v) is 13.2. The summed E-state index contributed by atoms with van der Waals surface area (Å²) in [6, 6.07) is 17.1. The maximum absolute atomic E-state index is 14.1. The Morgan fingerprint density at radius 2 is 1.54 bits per heavy atom. The van der Waals surface area contributed by atoms with Crippen LogP contribution >= 0.6 is 11.8 Å². The van der Waals surface area contributed by atoms with Crippen molar-refractivity contribution in [2.24, 2.45) is 0 Å². The van der Waals surface area contributed by atoms with Crippen molar-refractivity contribution in [3.05, 3.63) is 66.2 Å². The van der Waals surface area contributed by atoms with Gasteiger partial charge in [-0.2, -0.15) is 13.2 Å². The Balaban J connectivity index is 1.85. The SMILES string of the molecule is FN1OC(C(F)(F)F)N(CSc2ccccc2)C1c1ccccc1. The molecule has 1 heterocycles. The van der Waals surface area contributed by atoms with Crippen molar-refractivity contribution in [2.75, 3.05) is 5.88 Å². The standard InChI is InChI=1S/C16H14F4N2OS/c17-16(18,19)15-21(11-24-13-9-5-2-6-10-13)14(22(20)23-15)12-7-3-1-4-8-12/h1-10,14-15H,11H2. The quantitative estimate of drug-likeness (QED) is 0.445. The van der Waals surface area contributed by atoms with Gasteiger partial charge in [-0.05, 0) is 17.7 Å². The molecular weight excluding hydrogens is 344 g/mol. The molecule has 3 nitrogen and oxygen atoms in total. The first-order chi connectivity index (χ1) is 11.5. The second-order valence-corrected chi connectivity index (χ2v) is 6.17. The summed E-state index contributed by atoms with van der Waals surface area (Å²) in [6.07, 6.45) is -8.29. The van der Waals surface area contributed by atoms with Crippen molar-refractivity contribution in [2.45, 2.75) is 23.5 Å². The van der Waals surface area contributed by atoms with Crippen molar-refractivity contribution in [3.63, 3.8) is 0 Å². The second-order valence-electron chi connectivity index (χ2n) is 5.16. The van der Waals surface area contributed by atoms with Crippen molar-refractivity contribution in [1.29, 1.82) is 0 Å². The monoisotopic (exact) mass is 358 g/mol. The van der Waals surface area contributed by atoms with Gasteiger partial charge in [-0.15, -0.1) is 16.2 Å². The number of nitrogens with zero attached hydrogens (tertiary/aromatic N) is 2. The van der Waals surface area contributed by atoms with E-state index in [4.69, 9.17) is 0 Å². The average molecular weight is 358 g/mol. The molecule has 24 heavy (non-hydrogen) atoms. The average Bonchev–Trinajstić information content (AvgIpc) is 2.91. The fraction of sp³-hybridized carbons (Fsp3) is 0.250. The molecule has 2 unspecified atom stereocenters. The van der Waals surface area contributed by atoms with Crippen LogP contribution in [-0.4, -0.2) is 28.5 Å². The van der Waals surface area contributed by atoms with Crippen LogP contribution in [0.2, 0.25) is 0 Å². The Kier molecular flexibility index (Phi) is 5.09. The first-order valence-corrected chi connectivity index (χ1v) is 8.12. The number of thioether (sulfide) groups is 1. The van der Waals surface area contributed by atoms with Crippen molar-refractivity contribution in [3.8, 4) is 0 Å². The number of hydrogen-bond donors (Lipinski definition) is 0. The number of benzene rings is 2. The summed E-state index contributed by atoms with van der Waals surface area (Å²) in [4.78, 5) is 6.19. The summed E-state index contributed by atoms with van der Waals surface area (Å²) < 4.78 is 53.8. The lowest BCUT2D eigenvalue weighted by Gasteiger charge is -2.27. The fourth-order valence-corrected chi connectivity index (χ4v) is 3.37. The van der Waals surface area contributed by atoms with Gasteiger partial charge in [-0.3, -0.25) is 0 Å². The topological polar surface area (TPSA) is 15.7 Å². The fourth-order valence-electron chi connectivity index (χ4n) is 2.44. The lowest BCUT2D eigenvalue weighted by atomic mass is 10.1. The molecule has 1 saturated heterocycles. The smallest absolute Gasteiger partial charge is 0.239 e. The van der Waals surface area contributed by atoms with Crippen LogP contribution in [0.5, 0.6) is 0 Å². The normalized spacial score (nSPS) is 22.8. The molecule has 128 valence electrons. The Morgan fingerprint density at radius 3 is 2.12 bits per heavy atom. The van der Waals surface area contributed by atoms with Crippen molar-refractivity contribution < 1.29 is 22.5 Å². The molecule has 0 amide bonds. The largest absolute Gasteiger partial charge is 0.430 e. The summed E-state index contributed by atoms with van der Waals surface area (Å²) in [7, 11) is 0. The zero-order chi connectivity index (χ0) is 17.2. The highest BCUT2D eigenvalue weighted by Crippen LogP contribution is 2.42. The maximum Gasteiger partial charge on any atom is 0.430 e. The predicted octanol–water partition coefficient (Wildman–Crippen LogP) is 4.76. The molecule has 0 bridgehead atoms. The van der Waals surface area contributed by atoms with Crippen LogP contribution in [0.1, 0.15) is 11.7 Å². The number of halogens is 4. The van der Waals surface area contributed by atoms with Crippen LogP contribution in [0, 0.1) is 0 Å². The number of rotatable bonds is 4. The van der Waals surface area contributed by atoms with Gasteiger partial charge in [-0.25, -0.2) is 9.74 Å². The highest BCUT2D eigenvalue weighted by molar-refractivity contribution is 7.99. The molecule has 1 aliphatic rings. The van der Waals surface area contributed by atoms with Crippen LogP contribution in [0.3, 0.4) is 0 Å². The van der Waals surface area contributed by atoms with Crippen LogP contribution in [0.4, 0.5) is 17.7 Å². The molecule has 0 aliphatic carbocycles. The number of alkyl halides is 3. The van der Waals surface area contributed by atoms with Gasteiger partial charge >= 0.3 is 6.18 Å². The van der Waals surface area contributed by atoms with Gasteiger partial charge in [0.15, 0.2) is 0 Å². The van der Waals surface area contributed by atoms with Crippen LogP contribution in [0.15, 0.2) is 65.6 Å². The molecule has 2 atom stereocenters. The van der Waals surface area contributed by atoms with Gasteiger partial charge in [0.05, 0.1) is 5.88 Å². The van der Waals surface area contributed by atoms with Gasteiger partial charge in [-0.1, -0.05) is 48.5 Å². The second kappa shape index (κ2) is 7.10. The first kappa shape index (κ1) is 17.2. The van der Waals surface area contributed by atoms with Gasteiger partial charge < -0.3 is 0 Å². The highest BCUT2D eigenvalue weighted by Gasteiger charge is 2.55. The molecule has 0 spiro atoms. The number of hydroxylamine groups is 1. The Bertz CT molecular complexity index is 656. The van der Waals surface area contributed by atoms with Gasteiger partial charge in [0.2, 0.25) is 6.23 Å². The van der Waals surface area contributed by atoms with E-state index in [0.717, 1.165) is 9.80 Å². The third-order valence-corrected chi connectivity index (χ3v) is 4.54. The van der Waals surface area contributed by atoms with Gasteiger partial charge in [0, 0.05) is 10.2 Å². The molecule has 1 aliphatic heterocycles. The zero-order valence-electron chi connectivity index (χ0n) is 12.4. The molecule has 8 heteroatoms. The summed E-state index contributed by atoms with van der Waals surface area (Å²) in [5, 5.41) is -0.223. The molecular formula is C16H14F4N2OS. The lowest BCUT2D eigenvalue weighted by molar-refractivity contribution is -0.334. The summed E-state index contributed by atoms with van der Waals surface area (Å²) >= 11 is 1.19. The third-order valence-electron chi connectivity index (χ3n) is 3.51. The van der Waals surface area contributed by atoms with Crippen molar-refractivity contribution >= 4 is 11.8 Å². The minimum Gasteiger partial charge on any atom is -0.239 e. The van der Waals surface area contributed by atoms with E-state index in [1.165, 1.54) is 11.8 Å². The van der Waals surface area contributed by atoms with E-state index in [0.29, 0.717) is 5.56 Å². The molecule has 0 aromatic heterocycles. The summed E-state index contributed by atoms with van der Waals surface area (Å²) in [6.45, 7) is 0. The maximum atomic E-state index is 14.1. The summed E-state index contributed by atoms with van der Waals surface area (Å²) in [5.74, 6) is -0.0752. The molecule has 0 saturated carbocycles. The molecule has 1 fully saturated rings. The van der Waals surface area contributed by atoms with Crippen LogP contribution in [0.25, 0.3) is 0 Å². The minimum absolute atomic E-state index is 0.0752. The van der Waals surface area contributed by atoms with Gasteiger partial charge in [0.1, 0.15) is 6.17 Å². The number of hydrogen-bond acceptors (Lipinski definition) is 4. The lowest BCUT2D eigenvalue weighted by Crippen LogP contribution is -2.42. The Hall–Kier alpha value is -1.61. The third kappa shape index (κ3) is 3.72. The highest BCUT2D eigenvalue weighted by atomic mass is 32.2. The molecule has 0 N–H and O–H groups in total. The molecule has 3 rings (SSSR count). The van der Waals surface area contributed by atoms with Crippen molar-refractivity contribution in [1.82, 2.24) is 10.2 Å². The Labute approximate surface area is 140 Å². The van der Waals surface area contributed by atoms with E-state index in [1.54, 1.807) is 54.6 Å². The molecule has 2 aromatic carbocycles. The Morgan fingerprint density at radius 1 is 0.958 bits per heavy atom. The molecule has 2 aromatic rings. The van der Waals surface area contributed by atoms with E-state index in [9.17, 15) is 17.7 Å². The van der Waals surface area contributed by atoms with E-state index < -0.39 is 18.6 Å². The van der Waals surface area contributed by atoms with E-state index in [1.807, 2.05) is 6.07 Å². The first-order valence-electron chi connectivity index (χ1n) is 7.14. The predicted molar refractivity (Wildman–Crippen MR) is 82.1 cm³/mol. The van der Waals surface area contributed by atoms with E-state index >= 15 is 0 Å². The van der Waals surface area contributed by atoms with E-state index in [-0.39, 0.29) is 11.2 Å². The van der Waals surface area contributed by atoms with Crippen LogP contribution < -0.4 is 0 Å². The minimum atomic E-state index is -4.70. The van der Waals surface area contributed by atoms with Gasteiger partial charge in [0.25, 0.3) is 0 Å².